The minimum Gasteiger partial charge on any atom is -0.478 e. The van der Waals surface area contributed by atoms with Gasteiger partial charge < -0.3 is 10.2 Å². The highest BCUT2D eigenvalue weighted by Gasteiger charge is 2.39. The first-order valence-electron chi connectivity index (χ1n) is 8.16. The van der Waals surface area contributed by atoms with Gasteiger partial charge in [-0.2, -0.15) is 5.10 Å². The van der Waals surface area contributed by atoms with Crippen LogP contribution in [-0.2, 0) is 9.59 Å². The predicted molar refractivity (Wildman–Crippen MR) is 100 cm³/mol. The molecule has 1 aliphatic rings. The third kappa shape index (κ3) is 3.32. The second-order valence-corrected chi connectivity index (χ2v) is 6.03. The van der Waals surface area contributed by atoms with Gasteiger partial charge >= 0.3 is 11.9 Å². The van der Waals surface area contributed by atoms with E-state index in [4.69, 9.17) is 0 Å². The normalized spacial score (nSPS) is 16.5. The molecule has 2 N–H and O–H groups in total. The maximum absolute atomic E-state index is 12.0. The van der Waals surface area contributed by atoms with Gasteiger partial charge in [-0.3, -0.25) is 10.1 Å². The summed E-state index contributed by atoms with van der Waals surface area (Å²) in [5, 5.41) is 36.0. The van der Waals surface area contributed by atoms with E-state index >= 15 is 0 Å². The SMILES string of the molecule is CC1=C(C(=O)O)C(c2cccc([N+](=O)[O-])c2)C(C(=O)O)=NN1c1ccccc1. The monoisotopic (exact) mass is 381 g/mol. The average molecular weight is 381 g/mol. The molecule has 0 bridgehead atoms. The molecule has 3 rings (SSSR count). The number of hydrogen-bond acceptors (Lipinski definition) is 6. The number of nitro benzene ring substituents is 1. The van der Waals surface area contributed by atoms with Crippen molar-refractivity contribution >= 4 is 29.0 Å². The highest BCUT2D eigenvalue weighted by molar-refractivity contribution is 6.40. The van der Waals surface area contributed by atoms with E-state index in [2.05, 4.69) is 5.10 Å². The van der Waals surface area contributed by atoms with Gasteiger partial charge in [-0.1, -0.05) is 30.3 Å². The molecule has 0 amide bonds. The molecule has 9 heteroatoms. The Kier molecular flexibility index (Phi) is 4.90. The molecule has 0 spiro atoms. The van der Waals surface area contributed by atoms with Crippen molar-refractivity contribution in [3.63, 3.8) is 0 Å². The first kappa shape index (κ1) is 18.8. The van der Waals surface area contributed by atoms with E-state index in [0.29, 0.717) is 5.69 Å². The molecule has 9 nitrogen and oxygen atoms in total. The van der Waals surface area contributed by atoms with Crippen molar-refractivity contribution in [1.29, 1.82) is 0 Å². The van der Waals surface area contributed by atoms with Gasteiger partial charge in [0.1, 0.15) is 0 Å². The molecule has 0 fully saturated rings. The second kappa shape index (κ2) is 7.31. The van der Waals surface area contributed by atoms with E-state index in [-0.39, 0.29) is 22.5 Å². The number of nitrogens with zero attached hydrogens (tertiary/aromatic N) is 3. The molecule has 0 aromatic heterocycles. The number of non-ortho nitro benzene ring substituents is 1. The van der Waals surface area contributed by atoms with E-state index in [9.17, 15) is 29.9 Å². The van der Waals surface area contributed by atoms with Crippen LogP contribution >= 0.6 is 0 Å². The van der Waals surface area contributed by atoms with Crippen molar-refractivity contribution in [2.75, 3.05) is 5.01 Å². The molecule has 0 saturated carbocycles. The Hall–Kier alpha value is -4.01. The van der Waals surface area contributed by atoms with Crippen molar-refractivity contribution in [3.8, 4) is 0 Å². The van der Waals surface area contributed by atoms with Crippen LogP contribution in [0.15, 0.2) is 71.0 Å². The van der Waals surface area contributed by atoms with Crippen molar-refractivity contribution in [1.82, 2.24) is 0 Å². The molecule has 1 aliphatic heterocycles. The zero-order chi connectivity index (χ0) is 20.4. The summed E-state index contributed by atoms with van der Waals surface area (Å²) in [4.78, 5) is 34.4. The van der Waals surface area contributed by atoms with E-state index in [1.807, 2.05) is 0 Å². The minimum atomic E-state index is -1.41. The Morgan fingerprint density at radius 3 is 2.32 bits per heavy atom. The first-order chi connectivity index (χ1) is 13.3. The molecule has 2 aromatic carbocycles. The number of carboxylic acids is 2. The zero-order valence-corrected chi connectivity index (χ0v) is 14.6. The predicted octanol–water partition coefficient (Wildman–Crippen LogP) is 3.00. The summed E-state index contributed by atoms with van der Waals surface area (Å²) in [6, 6.07) is 13.8. The fourth-order valence-corrected chi connectivity index (χ4v) is 3.11. The van der Waals surface area contributed by atoms with Crippen molar-refractivity contribution < 1.29 is 24.7 Å². The lowest BCUT2D eigenvalue weighted by molar-refractivity contribution is -0.384. The second-order valence-electron chi connectivity index (χ2n) is 6.03. The smallest absolute Gasteiger partial charge is 0.353 e. The molecule has 1 unspecified atom stereocenters. The summed E-state index contributed by atoms with van der Waals surface area (Å²) in [5.74, 6) is -4.00. The summed E-state index contributed by atoms with van der Waals surface area (Å²) < 4.78 is 0. The maximum atomic E-state index is 12.0. The molecule has 28 heavy (non-hydrogen) atoms. The number of hydrazone groups is 1. The Labute approximate surface area is 159 Å². The fourth-order valence-electron chi connectivity index (χ4n) is 3.11. The van der Waals surface area contributed by atoms with Crippen molar-refractivity contribution in [3.05, 3.63) is 81.5 Å². The van der Waals surface area contributed by atoms with Crippen LogP contribution in [0.5, 0.6) is 0 Å². The molecule has 1 heterocycles. The molecule has 0 aliphatic carbocycles. The third-order valence-corrected chi connectivity index (χ3v) is 4.34. The van der Waals surface area contributed by atoms with Crippen LogP contribution in [0, 0.1) is 10.1 Å². The Balaban J connectivity index is 2.24. The third-order valence-electron chi connectivity index (χ3n) is 4.34. The van der Waals surface area contributed by atoms with Gasteiger partial charge in [-0.05, 0) is 24.6 Å². The van der Waals surface area contributed by atoms with E-state index in [1.165, 1.54) is 30.1 Å². The molecule has 1 atom stereocenters. The Bertz CT molecular complexity index is 1030. The quantitative estimate of drug-likeness (QED) is 0.601. The maximum Gasteiger partial charge on any atom is 0.353 e. The van der Waals surface area contributed by atoms with Crippen LogP contribution in [0.25, 0.3) is 0 Å². The summed E-state index contributed by atoms with van der Waals surface area (Å²) >= 11 is 0. The minimum absolute atomic E-state index is 0.166. The van der Waals surface area contributed by atoms with Crippen LogP contribution in [0.3, 0.4) is 0 Å². The van der Waals surface area contributed by atoms with E-state index in [1.54, 1.807) is 30.3 Å². The van der Waals surface area contributed by atoms with Gasteiger partial charge in [0.15, 0.2) is 5.71 Å². The number of carbonyl (C=O) groups is 2. The van der Waals surface area contributed by atoms with Crippen LogP contribution in [0.4, 0.5) is 11.4 Å². The highest BCUT2D eigenvalue weighted by Crippen LogP contribution is 2.37. The summed E-state index contributed by atoms with van der Waals surface area (Å²) in [6.07, 6.45) is 0. The number of carboxylic acid groups (broad SMARTS) is 2. The van der Waals surface area contributed by atoms with Gasteiger partial charge in [0, 0.05) is 12.1 Å². The van der Waals surface area contributed by atoms with Gasteiger partial charge in [0.25, 0.3) is 5.69 Å². The lowest BCUT2D eigenvalue weighted by atomic mass is 9.84. The number of anilines is 1. The summed E-state index contributed by atoms with van der Waals surface area (Å²) in [7, 11) is 0. The molecular formula is C19H15N3O6. The van der Waals surface area contributed by atoms with Crippen molar-refractivity contribution in [2.24, 2.45) is 5.10 Å². The van der Waals surface area contributed by atoms with E-state index < -0.39 is 28.5 Å². The largest absolute Gasteiger partial charge is 0.478 e. The molecule has 2 aromatic rings. The molecule has 0 radical (unpaired) electrons. The number of benzene rings is 2. The number of nitro groups is 1. The fraction of sp³-hybridized carbons (Fsp3) is 0.105. The number of allylic oxidation sites excluding steroid dienone is 1. The van der Waals surface area contributed by atoms with Crippen LogP contribution < -0.4 is 5.01 Å². The highest BCUT2D eigenvalue weighted by atomic mass is 16.6. The lowest BCUT2D eigenvalue weighted by Gasteiger charge is -2.31. The lowest BCUT2D eigenvalue weighted by Crippen LogP contribution is -2.36. The number of aliphatic carboxylic acids is 2. The number of hydrogen-bond donors (Lipinski definition) is 2. The summed E-state index contributed by atoms with van der Waals surface area (Å²) in [6.45, 7) is 1.52. The zero-order valence-electron chi connectivity index (χ0n) is 14.6. The van der Waals surface area contributed by atoms with Gasteiger partial charge in [-0.25, -0.2) is 14.6 Å². The number of rotatable bonds is 5. The molecular weight excluding hydrogens is 366 g/mol. The van der Waals surface area contributed by atoms with E-state index in [0.717, 1.165) is 6.07 Å². The van der Waals surface area contributed by atoms with Crippen LogP contribution in [0.2, 0.25) is 0 Å². The first-order valence-corrected chi connectivity index (χ1v) is 8.16. The van der Waals surface area contributed by atoms with Gasteiger partial charge in [0.2, 0.25) is 0 Å². The average Bonchev–Trinajstić information content (AvgIpc) is 2.67. The van der Waals surface area contributed by atoms with Crippen LogP contribution in [0.1, 0.15) is 18.4 Å². The Morgan fingerprint density at radius 2 is 1.75 bits per heavy atom. The van der Waals surface area contributed by atoms with Gasteiger partial charge in [-0.15, -0.1) is 0 Å². The standard InChI is InChI=1S/C19H15N3O6/c1-11-15(18(23)24)16(12-6-5-9-14(10-12)22(27)28)17(19(25)26)20-21(11)13-7-3-2-4-8-13/h2-10,16H,1H3,(H,23,24)(H,25,26). The Morgan fingerprint density at radius 1 is 1.07 bits per heavy atom. The number of para-hydroxylation sites is 1. The van der Waals surface area contributed by atoms with Gasteiger partial charge in [0.05, 0.1) is 27.8 Å². The molecule has 0 saturated heterocycles. The summed E-state index contributed by atoms with van der Waals surface area (Å²) in [5.41, 5.74) is -0.0331. The molecule has 142 valence electrons. The van der Waals surface area contributed by atoms with Crippen molar-refractivity contribution in [2.45, 2.75) is 12.8 Å². The topological polar surface area (TPSA) is 133 Å². The van der Waals surface area contributed by atoms with Crippen LogP contribution in [-0.4, -0.2) is 32.8 Å².